The Labute approximate surface area is 105 Å². The molecule has 0 aromatic rings. The van der Waals surface area contributed by atoms with Gasteiger partial charge in [0.25, 0.3) is 0 Å². The number of carboxylic acids is 1. The Morgan fingerprint density at radius 1 is 1.22 bits per heavy atom. The quantitative estimate of drug-likeness (QED) is 0.347. The standard InChI is InChI=1S/C10H19N3O5/c1-5(2)8(13-7(15)3-11)9(16)12-6(4-14)10(17)18/h5-6,8,14H,3-4,11H2,1-2H3,(H,12,16)(H,13,15)(H,17,18)/t6-,8-/m0/s1. The van der Waals surface area contributed by atoms with E-state index in [-0.39, 0.29) is 12.5 Å². The van der Waals surface area contributed by atoms with Crippen LogP contribution in [0.4, 0.5) is 0 Å². The number of nitrogens with two attached hydrogens (primary N) is 1. The molecule has 0 aliphatic rings. The first-order valence-corrected chi connectivity index (χ1v) is 5.46. The van der Waals surface area contributed by atoms with Crippen molar-refractivity contribution in [2.45, 2.75) is 25.9 Å². The second-order valence-electron chi connectivity index (χ2n) is 4.08. The molecular formula is C10H19N3O5. The molecule has 0 aliphatic heterocycles. The highest BCUT2D eigenvalue weighted by Crippen LogP contribution is 2.02. The fraction of sp³-hybridized carbons (Fsp3) is 0.700. The van der Waals surface area contributed by atoms with Gasteiger partial charge in [-0.15, -0.1) is 0 Å². The number of aliphatic hydroxyl groups excluding tert-OH is 1. The monoisotopic (exact) mass is 261 g/mol. The average molecular weight is 261 g/mol. The third-order valence-corrected chi connectivity index (χ3v) is 2.25. The molecule has 104 valence electrons. The number of amides is 2. The molecule has 8 heteroatoms. The zero-order valence-corrected chi connectivity index (χ0v) is 10.3. The number of carbonyl (C=O) groups is 3. The molecule has 0 saturated carbocycles. The molecule has 18 heavy (non-hydrogen) atoms. The zero-order chi connectivity index (χ0) is 14.3. The average Bonchev–Trinajstić information content (AvgIpc) is 2.31. The van der Waals surface area contributed by atoms with Crippen molar-refractivity contribution < 1.29 is 24.6 Å². The molecule has 8 nitrogen and oxygen atoms in total. The van der Waals surface area contributed by atoms with Gasteiger partial charge in [-0.25, -0.2) is 4.79 Å². The van der Waals surface area contributed by atoms with Gasteiger partial charge in [-0.1, -0.05) is 13.8 Å². The van der Waals surface area contributed by atoms with Crippen LogP contribution in [0.15, 0.2) is 0 Å². The van der Waals surface area contributed by atoms with Gasteiger partial charge in [-0.05, 0) is 5.92 Å². The molecule has 0 aromatic heterocycles. The summed E-state index contributed by atoms with van der Waals surface area (Å²) in [7, 11) is 0. The van der Waals surface area contributed by atoms with Gasteiger partial charge in [0.2, 0.25) is 11.8 Å². The summed E-state index contributed by atoms with van der Waals surface area (Å²) in [6.07, 6.45) is 0. The van der Waals surface area contributed by atoms with Gasteiger partial charge in [0.1, 0.15) is 12.1 Å². The van der Waals surface area contributed by atoms with E-state index >= 15 is 0 Å². The van der Waals surface area contributed by atoms with Crippen LogP contribution in [0.1, 0.15) is 13.8 Å². The first-order chi connectivity index (χ1) is 8.33. The lowest BCUT2D eigenvalue weighted by molar-refractivity contribution is -0.143. The summed E-state index contributed by atoms with van der Waals surface area (Å²) >= 11 is 0. The SMILES string of the molecule is CC(C)[C@H](NC(=O)CN)C(=O)N[C@@H](CO)C(=O)O. The van der Waals surface area contributed by atoms with Crippen LogP contribution in [0, 0.1) is 5.92 Å². The maximum atomic E-state index is 11.8. The number of carbonyl (C=O) groups excluding carboxylic acids is 2. The van der Waals surface area contributed by atoms with Gasteiger partial charge in [-0.2, -0.15) is 0 Å². The Kier molecular flexibility index (Phi) is 6.91. The van der Waals surface area contributed by atoms with E-state index in [9.17, 15) is 14.4 Å². The molecule has 2 atom stereocenters. The predicted octanol–water partition coefficient (Wildman–Crippen LogP) is -2.35. The summed E-state index contributed by atoms with van der Waals surface area (Å²) in [5.74, 6) is -2.78. The number of rotatable bonds is 7. The zero-order valence-electron chi connectivity index (χ0n) is 10.3. The molecule has 0 radical (unpaired) electrons. The molecule has 0 aromatic carbocycles. The van der Waals surface area contributed by atoms with Crippen LogP contribution in [0.5, 0.6) is 0 Å². The molecule has 0 fully saturated rings. The van der Waals surface area contributed by atoms with Gasteiger partial charge in [0, 0.05) is 0 Å². The molecular weight excluding hydrogens is 242 g/mol. The molecule has 0 rings (SSSR count). The number of aliphatic carboxylic acids is 1. The normalized spacial score (nSPS) is 13.8. The van der Waals surface area contributed by atoms with Crippen molar-refractivity contribution in [1.29, 1.82) is 0 Å². The van der Waals surface area contributed by atoms with Gasteiger partial charge in [-0.3, -0.25) is 9.59 Å². The van der Waals surface area contributed by atoms with Crippen LogP contribution in [0.2, 0.25) is 0 Å². The summed E-state index contributed by atoms with van der Waals surface area (Å²) in [6, 6.07) is -2.29. The van der Waals surface area contributed by atoms with Gasteiger partial charge in [0.15, 0.2) is 0 Å². The fourth-order valence-corrected chi connectivity index (χ4v) is 1.21. The minimum atomic E-state index is -1.39. The number of hydrogen-bond donors (Lipinski definition) is 5. The second-order valence-corrected chi connectivity index (χ2v) is 4.08. The van der Waals surface area contributed by atoms with Crippen molar-refractivity contribution in [3.05, 3.63) is 0 Å². The number of aliphatic hydroxyl groups is 1. The van der Waals surface area contributed by atoms with E-state index in [1.807, 2.05) is 0 Å². The number of carboxylic acid groups (broad SMARTS) is 1. The van der Waals surface area contributed by atoms with Crippen molar-refractivity contribution in [1.82, 2.24) is 10.6 Å². The van der Waals surface area contributed by atoms with E-state index in [4.69, 9.17) is 15.9 Å². The Bertz CT molecular complexity index is 319. The van der Waals surface area contributed by atoms with Crippen molar-refractivity contribution >= 4 is 17.8 Å². The Hall–Kier alpha value is -1.67. The van der Waals surface area contributed by atoms with E-state index in [1.54, 1.807) is 13.8 Å². The highest BCUT2D eigenvalue weighted by atomic mass is 16.4. The highest BCUT2D eigenvalue weighted by Gasteiger charge is 2.27. The van der Waals surface area contributed by atoms with E-state index in [0.717, 1.165) is 0 Å². The number of hydrogen-bond acceptors (Lipinski definition) is 5. The van der Waals surface area contributed by atoms with Crippen LogP contribution < -0.4 is 16.4 Å². The minimum absolute atomic E-state index is 0.242. The Balaban J connectivity index is 4.66. The minimum Gasteiger partial charge on any atom is -0.480 e. The third kappa shape index (κ3) is 5.11. The van der Waals surface area contributed by atoms with E-state index < -0.39 is 36.5 Å². The molecule has 0 unspecified atom stereocenters. The fourth-order valence-electron chi connectivity index (χ4n) is 1.21. The lowest BCUT2D eigenvalue weighted by Crippen LogP contribution is -2.55. The third-order valence-electron chi connectivity index (χ3n) is 2.25. The summed E-state index contributed by atoms with van der Waals surface area (Å²) in [5, 5.41) is 22.0. The maximum absolute atomic E-state index is 11.8. The first kappa shape index (κ1) is 16.3. The topological polar surface area (TPSA) is 142 Å². The smallest absolute Gasteiger partial charge is 0.328 e. The Morgan fingerprint density at radius 2 is 1.78 bits per heavy atom. The largest absolute Gasteiger partial charge is 0.480 e. The summed E-state index contributed by atoms with van der Waals surface area (Å²) in [5.41, 5.74) is 5.12. The van der Waals surface area contributed by atoms with Crippen LogP contribution >= 0.6 is 0 Å². The molecule has 0 saturated heterocycles. The van der Waals surface area contributed by atoms with Crippen molar-refractivity contribution in [3.8, 4) is 0 Å². The van der Waals surface area contributed by atoms with Crippen molar-refractivity contribution in [2.75, 3.05) is 13.2 Å². The highest BCUT2D eigenvalue weighted by molar-refractivity contribution is 5.91. The molecule has 0 heterocycles. The lowest BCUT2D eigenvalue weighted by atomic mass is 10.0. The van der Waals surface area contributed by atoms with Gasteiger partial charge < -0.3 is 26.6 Å². The summed E-state index contributed by atoms with van der Waals surface area (Å²) < 4.78 is 0. The molecule has 0 bridgehead atoms. The summed E-state index contributed by atoms with van der Waals surface area (Å²) in [4.78, 5) is 33.6. The van der Waals surface area contributed by atoms with Crippen LogP contribution in [-0.4, -0.2) is 53.2 Å². The maximum Gasteiger partial charge on any atom is 0.328 e. The molecule has 0 spiro atoms. The molecule has 6 N–H and O–H groups in total. The van der Waals surface area contributed by atoms with Crippen molar-refractivity contribution in [2.24, 2.45) is 11.7 Å². The van der Waals surface area contributed by atoms with Crippen LogP contribution in [-0.2, 0) is 14.4 Å². The lowest BCUT2D eigenvalue weighted by Gasteiger charge is -2.23. The van der Waals surface area contributed by atoms with E-state index in [1.165, 1.54) is 0 Å². The van der Waals surface area contributed by atoms with Crippen molar-refractivity contribution in [3.63, 3.8) is 0 Å². The number of nitrogens with one attached hydrogen (secondary N) is 2. The molecule has 2 amide bonds. The van der Waals surface area contributed by atoms with Crippen LogP contribution in [0.25, 0.3) is 0 Å². The second kappa shape index (κ2) is 7.62. The Morgan fingerprint density at radius 3 is 2.11 bits per heavy atom. The van der Waals surface area contributed by atoms with Gasteiger partial charge in [0.05, 0.1) is 13.2 Å². The summed E-state index contributed by atoms with van der Waals surface area (Å²) in [6.45, 7) is 2.39. The van der Waals surface area contributed by atoms with E-state index in [0.29, 0.717) is 0 Å². The predicted molar refractivity (Wildman–Crippen MR) is 62.5 cm³/mol. The van der Waals surface area contributed by atoms with Gasteiger partial charge >= 0.3 is 5.97 Å². The van der Waals surface area contributed by atoms with Crippen LogP contribution in [0.3, 0.4) is 0 Å². The first-order valence-electron chi connectivity index (χ1n) is 5.46. The van der Waals surface area contributed by atoms with E-state index in [2.05, 4.69) is 10.6 Å². The molecule has 0 aliphatic carbocycles.